The number of aromatic nitrogens is 1. The zero-order valence-corrected chi connectivity index (χ0v) is 12.6. The molecule has 2 aromatic rings. The van der Waals surface area contributed by atoms with Gasteiger partial charge in [-0.2, -0.15) is 0 Å². The van der Waals surface area contributed by atoms with Gasteiger partial charge in [-0.3, -0.25) is 10.1 Å². The van der Waals surface area contributed by atoms with Gasteiger partial charge in [-0.05, 0) is 24.6 Å². The van der Waals surface area contributed by atoms with Crippen LogP contribution in [0.15, 0.2) is 29.8 Å². The predicted molar refractivity (Wildman–Crippen MR) is 81.5 cm³/mol. The molecule has 0 radical (unpaired) electrons. The molecule has 0 aliphatic heterocycles. The predicted octanol–water partition coefficient (Wildman–Crippen LogP) is 3.13. The lowest BCUT2D eigenvalue weighted by molar-refractivity contribution is -0.386. The number of hydrogen-bond donors (Lipinski definition) is 1. The summed E-state index contributed by atoms with van der Waals surface area (Å²) >= 11 is 1.46. The summed E-state index contributed by atoms with van der Waals surface area (Å²) in [6.07, 6.45) is 2.73. The summed E-state index contributed by atoms with van der Waals surface area (Å²) in [5, 5.41) is 16.9. The van der Waals surface area contributed by atoms with Crippen molar-refractivity contribution in [2.45, 2.75) is 26.5 Å². The van der Waals surface area contributed by atoms with Gasteiger partial charge in [0, 0.05) is 24.2 Å². The average molecular weight is 307 g/mol. The van der Waals surface area contributed by atoms with E-state index >= 15 is 0 Å². The summed E-state index contributed by atoms with van der Waals surface area (Å²) in [6.45, 7) is 3.90. The molecule has 1 N–H and O–H groups in total. The smallest absolute Gasteiger partial charge is 0.310 e. The molecule has 6 nitrogen and oxygen atoms in total. The number of nitro benzene ring substituents is 1. The fourth-order valence-corrected chi connectivity index (χ4v) is 2.34. The first-order valence-electron chi connectivity index (χ1n) is 6.70. The fraction of sp³-hybridized carbons (Fsp3) is 0.357. The number of nitro groups is 1. The highest BCUT2D eigenvalue weighted by Gasteiger charge is 2.16. The maximum Gasteiger partial charge on any atom is 0.310 e. The maximum absolute atomic E-state index is 11.1. The van der Waals surface area contributed by atoms with E-state index in [0.29, 0.717) is 6.54 Å². The normalized spacial score (nSPS) is 10.5. The number of rotatable bonds is 8. The third-order valence-corrected chi connectivity index (χ3v) is 3.56. The minimum atomic E-state index is -0.430. The third kappa shape index (κ3) is 4.51. The molecule has 1 aromatic heterocycles. The van der Waals surface area contributed by atoms with Gasteiger partial charge in [0.1, 0.15) is 11.6 Å². The Bertz CT molecular complexity index is 587. The van der Waals surface area contributed by atoms with E-state index in [1.54, 1.807) is 18.3 Å². The zero-order chi connectivity index (χ0) is 15.1. The highest BCUT2D eigenvalue weighted by molar-refractivity contribution is 7.09. The molecule has 112 valence electrons. The number of nitrogens with one attached hydrogen (secondary N) is 1. The van der Waals surface area contributed by atoms with E-state index in [4.69, 9.17) is 4.74 Å². The summed E-state index contributed by atoms with van der Waals surface area (Å²) in [5.74, 6) is 0.283. The molecule has 0 aliphatic carbocycles. The Morgan fingerprint density at radius 1 is 1.48 bits per heavy atom. The second-order valence-corrected chi connectivity index (χ2v) is 5.43. The summed E-state index contributed by atoms with van der Waals surface area (Å²) in [6, 6.07) is 4.95. The average Bonchev–Trinajstić information content (AvgIpc) is 2.98. The molecule has 0 fully saturated rings. The summed E-state index contributed by atoms with van der Waals surface area (Å²) in [7, 11) is 0. The van der Waals surface area contributed by atoms with Gasteiger partial charge in [-0.1, -0.05) is 13.0 Å². The lowest BCUT2D eigenvalue weighted by Crippen LogP contribution is -2.13. The summed E-state index contributed by atoms with van der Waals surface area (Å²) < 4.78 is 5.57. The first-order chi connectivity index (χ1) is 10.2. The van der Waals surface area contributed by atoms with Crippen molar-refractivity contribution in [3.05, 3.63) is 50.5 Å². The molecule has 1 heterocycles. The lowest BCUT2D eigenvalue weighted by atomic mass is 10.2. The first kappa shape index (κ1) is 15.4. The molecule has 2 rings (SSSR count). The van der Waals surface area contributed by atoms with Crippen LogP contribution in [0.5, 0.6) is 5.75 Å². The van der Waals surface area contributed by atoms with Gasteiger partial charge in [0.15, 0.2) is 5.75 Å². The van der Waals surface area contributed by atoms with Crippen molar-refractivity contribution in [3.8, 4) is 5.75 Å². The van der Waals surface area contributed by atoms with Gasteiger partial charge in [0.2, 0.25) is 0 Å². The Morgan fingerprint density at radius 3 is 3.00 bits per heavy atom. The Kier molecular flexibility index (Phi) is 5.65. The number of thiazole rings is 1. The van der Waals surface area contributed by atoms with E-state index in [9.17, 15) is 10.1 Å². The molecule has 1 aromatic carbocycles. The Hall–Kier alpha value is -1.99. The first-order valence-corrected chi connectivity index (χ1v) is 7.58. The molecule has 7 heteroatoms. The highest BCUT2D eigenvalue weighted by atomic mass is 32.1. The van der Waals surface area contributed by atoms with E-state index in [-0.39, 0.29) is 18.0 Å². The largest absolute Gasteiger partial charge is 0.479 e. The number of hydrogen-bond acceptors (Lipinski definition) is 6. The maximum atomic E-state index is 11.1. The van der Waals surface area contributed by atoms with Crippen molar-refractivity contribution < 1.29 is 9.66 Å². The molecule has 21 heavy (non-hydrogen) atoms. The van der Waals surface area contributed by atoms with Crippen LogP contribution < -0.4 is 10.1 Å². The molecule has 0 bridgehead atoms. The van der Waals surface area contributed by atoms with Gasteiger partial charge >= 0.3 is 5.69 Å². The molecule has 0 saturated heterocycles. The monoisotopic (exact) mass is 307 g/mol. The number of ether oxygens (including phenoxy) is 1. The number of benzene rings is 1. The fourth-order valence-electron chi connectivity index (χ4n) is 1.81. The van der Waals surface area contributed by atoms with Crippen molar-refractivity contribution >= 4 is 17.0 Å². The molecule has 0 amide bonds. The zero-order valence-electron chi connectivity index (χ0n) is 11.7. The number of nitrogens with zero attached hydrogens (tertiary/aromatic N) is 2. The van der Waals surface area contributed by atoms with Crippen molar-refractivity contribution in [1.82, 2.24) is 10.3 Å². The molecule has 0 unspecified atom stereocenters. The topological polar surface area (TPSA) is 77.3 Å². The summed E-state index contributed by atoms with van der Waals surface area (Å²) in [4.78, 5) is 14.7. The minimum Gasteiger partial charge on any atom is -0.479 e. The molecule has 0 spiro atoms. The van der Waals surface area contributed by atoms with Crippen LogP contribution in [-0.2, 0) is 13.2 Å². The standard InChI is InChI=1S/C14H17N3O3S/c1-2-5-15-9-11-3-4-12(17(18)19)13(8-11)20-10-14-16-6-7-21-14/h3-4,6-8,15H,2,5,9-10H2,1H3. The Labute approximate surface area is 126 Å². The van der Waals surface area contributed by atoms with Crippen LogP contribution in [0.1, 0.15) is 23.9 Å². The second-order valence-electron chi connectivity index (χ2n) is 4.45. The Balaban J connectivity index is 2.10. The molecule has 0 aliphatic rings. The highest BCUT2D eigenvalue weighted by Crippen LogP contribution is 2.29. The van der Waals surface area contributed by atoms with Crippen LogP contribution in [0.4, 0.5) is 5.69 Å². The van der Waals surface area contributed by atoms with Gasteiger partial charge in [-0.25, -0.2) is 4.98 Å². The van der Waals surface area contributed by atoms with Crippen LogP contribution in [0, 0.1) is 10.1 Å². The van der Waals surface area contributed by atoms with Gasteiger partial charge in [0.25, 0.3) is 0 Å². The van der Waals surface area contributed by atoms with E-state index < -0.39 is 4.92 Å². The van der Waals surface area contributed by atoms with Crippen molar-refractivity contribution in [3.63, 3.8) is 0 Å². The molecule has 0 saturated carbocycles. The van der Waals surface area contributed by atoms with E-state index in [1.165, 1.54) is 17.4 Å². The van der Waals surface area contributed by atoms with E-state index in [0.717, 1.165) is 23.5 Å². The van der Waals surface area contributed by atoms with Gasteiger partial charge in [0.05, 0.1) is 4.92 Å². The van der Waals surface area contributed by atoms with Crippen LogP contribution in [0.3, 0.4) is 0 Å². The minimum absolute atomic E-state index is 0.0224. The van der Waals surface area contributed by atoms with Crippen LogP contribution in [0.2, 0.25) is 0 Å². The van der Waals surface area contributed by atoms with Crippen LogP contribution in [-0.4, -0.2) is 16.5 Å². The molecule has 0 atom stereocenters. The van der Waals surface area contributed by atoms with Crippen LogP contribution >= 0.6 is 11.3 Å². The lowest BCUT2D eigenvalue weighted by Gasteiger charge is -2.08. The van der Waals surface area contributed by atoms with Crippen molar-refractivity contribution in [1.29, 1.82) is 0 Å². The quantitative estimate of drug-likeness (QED) is 0.460. The van der Waals surface area contributed by atoms with E-state index in [2.05, 4.69) is 17.2 Å². The van der Waals surface area contributed by atoms with E-state index in [1.807, 2.05) is 5.38 Å². The molecular formula is C14H17N3O3S. The second kappa shape index (κ2) is 7.70. The van der Waals surface area contributed by atoms with Crippen molar-refractivity contribution in [2.24, 2.45) is 0 Å². The van der Waals surface area contributed by atoms with Gasteiger partial charge < -0.3 is 10.1 Å². The Morgan fingerprint density at radius 2 is 2.33 bits per heavy atom. The SMILES string of the molecule is CCCNCc1ccc([N+](=O)[O-])c(OCc2nccs2)c1. The van der Waals surface area contributed by atoms with Crippen molar-refractivity contribution in [2.75, 3.05) is 6.54 Å². The third-order valence-electron chi connectivity index (χ3n) is 2.81. The molecular weight excluding hydrogens is 290 g/mol. The summed E-state index contributed by atoms with van der Waals surface area (Å²) in [5.41, 5.74) is 0.939. The van der Waals surface area contributed by atoms with Gasteiger partial charge in [-0.15, -0.1) is 11.3 Å². The van der Waals surface area contributed by atoms with Crippen LogP contribution in [0.25, 0.3) is 0 Å².